The van der Waals surface area contributed by atoms with Crippen LogP contribution in [0.15, 0.2) is 42.5 Å². The Bertz CT molecular complexity index is 991. The molecule has 2 aromatic carbocycles. The van der Waals surface area contributed by atoms with E-state index >= 15 is 0 Å². The second-order valence-electron chi connectivity index (χ2n) is 9.42. The summed E-state index contributed by atoms with van der Waals surface area (Å²) in [5, 5.41) is 13.0. The highest BCUT2D eigenvalue weighted by atomic mass is 35.5. The van der Waals surface area contributed by atoms with E-state index in [0.29, 0.717) is 27.7 Å². The third kappa shape index (κ3) is 12.5. The third-order valence-electron chi connectivity index (χ3n) is 6.13. The van der Waals surface area contributed by atoms with E-state index in [1.807, 2.05) is 0 Å². The molecular formula is C29H38Cl2N2O4. The van der Waals surface area contributed by atoms with E-state index in [4.69, 9.17) is 23.2 Å². The molecule has 6 nitrogen and oxygen atoms in total. The van der Waals surface area contributed by atoms with Crippen molar-refractivity contribution in [2.75, 3.05) is 5.32 Å². The van der Waals surface area contributed by atoms with Crippen LogP contribution in [0.25, 0.3) is 0 Å². The van der Waals surface area contributed by atoms with Gasteiger partial charge in [0, 0.05) is 35.2 Å². The highest BCUT2D eigenvalue weighted by Gasteiger charge is 2.22. The summed E-state index contributed by atoms with van der Waals surface area (Å²) in [6.07, 6.45) is 12.7. The van der Waals surface area contributed by atoms with Crippen molar-refractivity contribution in [3.05, 3.63) is 63.6 Å². The van der Waals surface area contributed by atoms with E-state index in [2.05, 4.69) is 12.2 Å². The molecule has 0 saturated carbocycles. The molecule has 0 spiro atoms. The summed E-state index contributed by atoms with van der Waals surface area (Å²) in [5.41, 5.74) is 2.02. The number of carboxylic acid groups (broad SMARTS) is 1. The highest BCUT2D eigenvalue weighted by molar-refractivity contribution is 6.34. The molecule has 2 amide bonds. The van der Waals surface area contributed by atoms with Gasteiger partial charge in [0.05, 0.1) is 0 Å². The second kappa shape index (κ2) is 17.0. The molecule has 0 aliphatic rings. The fourth-order valence-corrected chi connectivity index (χ4v) is 4.74. The zero-order valence-corrected chi connectivity index (χ0v) is 23.1. The van der Waals surface area contributed by atoms with Gasteiger partial charge < -0.3 is 15.3 Å². The Kier molecular flexibility index (Phi) is 14.1. The van der Waals surface area contributed by atoms with Gasteiger partial charge in [-0.15, -0.1) is 0 Å². The Morgan fingerprint density at radius 3 is 1.81 bits per heavy atom. The molecule has 0 aliphatic heterocycles. The summed E-state index contributed by atoms with van der Waals surface area (Å²) in [5.74, 6) is -2.58. The fraction of sp³-hybridized carbons (Fsp3) is 0.483. The lowest BCUT2D eigenvalue weighted by molar-refractivity contribution is -0.156. The van der Waals surface area contributed by atoms with Crippen LogP contribution in [0.1, 0.15) is 88.7 Å². The van der Waals surface area contributed by atoms with E-state index in [0.717, 1.165) is 18.4 Å². The van der Waals surface area contributed by atoms with Gasteiger partial charge in [-0.1, -0.05) is 100 Å². The molecule has 0 heterocycles. The number of aliphatic carboxylic acids is 1. The van der Waals surface area contributed by atoms with Gasteiger partial charge >= 0.3 is 11.9 Å². The number of nitrogens with one attached hydrogen (secondary N) is 1. The zero-order chi connectivity index (χ0) is 27.0. The van der Waals surface area contributed by atoms with Gasteiger partial charge in [-0.05, 0) is 47.9 Å². The number of hydrogen-bond acceptors (Lipinski definition) is 3. The predicted octanol–water partition coefficient (Wildman–Crippen LogP) is 7.86. The normalized spacial score (nSPS) is 10.8. The Hall–Kier alpha value is -2.57. The van der Waals surface area contributed by atoms with E-state index in [-0.39, 0.29) is 19.0 Å². The SMILES string of the molecule is CCCCCCCCCCCCC(=O)Nc1ccc(CN(Cc2cc(Cl)cc(Cl)c2)C(=O)C(=O)O)cc1. The Balaban J connectivity index is 1.78. The van der Waals surface area contributed by atoms with E-state index in [9.17, 15) is 19.5 Å². The third-order valence-corrected chi connectivity index (χ3v) is 6.57. The molecular weight excluding hydrogens is 511 g/mol. The van der Waals surface area contributed by atoms with Gasteiger partial charge in [0.1, 0.15) is 0 Å². The first-order chi connectivity index (χ1) is 17.8. The van der Waals surface area contributed by atoms with Crippen LogP contribution in [0.4, 0.5) is 5.69 Å². The Morgan fingerprint density at radius 2 is 1.27 bits per heavy atom. The molecule has 37 heavy (non-hydrogen) atoms. The summed E-state index contributed by atoms with van der Waals surface area (Å²) in [6, 6.07) is 11.9. The number of unbranched alkanes of at least 4 members (excludes halogenated alkanes) is 9. The molecule has 0 atom stereocenters. The lowest BCUT2D eigenvalue weighted by Crippen LogP contribution is -2.35. The van der Waals surface area contributed by atoms with Crippen molar-refractivity contribution in [2.24, 2.45) is 0 Å². The maximum atomic E-state index is 12.3. The van der Waals surface area contributed by atoms with Crippen LogP contribution in [0.3, 0.4) is 0 Å². The Labute approximate surface area is 230 Å². The van der Waals surface area contributed by atoms with Crippen LogP contribution in [-0.2, 0) is 27.5 Å². The largest absolute Gasteiger partial charge is 0.474 e. The van der Waals surface area contributed by atoms with Crippen molar-refractivity contribution >= 4 is 46.7 Å². The summed E-state index contributed by atoms with van der Waals surface area (Å²) >= 11 is 12.1. The summed E-state index contributed by atoms with van der Waals surface area (Å²) in [6.45, 7) is 2.36. The molecule has 8 heteroatoms. The van der Waals surface area contributed by atoms with E-state index < -0.39 is 11.9 Å². The van der Waals surface area contributed by atoms with Gasteiger partial charge in [0.25, 0.3) is 0 Å². The van der Waals surface area contributed by atoms with Crippen molar-refractivity contribution in [1.82, 2.24) is 4.90 Å². The second-order valence-corrected chi connectivity index (χ2v) is 10.3. The van der Waals surface area contributed by atoms with Gasteiger partial charge in [0.15, 0.2) is 0 Å². The Morgan fingerprint density at radius 1 is 0.757 bits per heavy atom. The number of anilines is 1. The first-order valence-electron chi connectivity index (χ1n) is 13.1. The summed E-state index contributed by atoms with van der Waals surface area (Å²) in [4.78, 5) is 37.1. The van der Waals surface area contributed by atoms with Gasteiger partial charge in [0.2, 0.25) is 5.91 Å². The van der Waals surface area contributed by atoms with Gasteiger partial charge in [-0.3, -0.25) is 9.59 Å². The first kappa shape index (κ1) is 30.7. The first-order valence-corrected chi connectivity index (χ1v) is 13.9. The van der Waals surface area contributed by atoms with Crippen LogP contribution in [0.5, 0.6) is 0 Å². The van der Waals surface area contributed by atoms with Crippen molar-refractivity contribution in [3.8, 4) is 0 Å². The van der Waals surface area contributed by atoms with Gasteiger partial charge in [-0.2, -0.15) is 0 Å². The maximum absolute atomic E-state index is 12.3. The number of halogens is 2. The number of carboxylic acids is 1. The van der Waals surface area contributed by atoms with Crippen LogP contribution in [0.2, 0.25) is 10.0 Å². The molecule has 202 valence electrons. The van der Waals surface area contributed by atoms with Crippen molar-refractivity contribution < 1.29 is 19.5 Å². The number of carbonyl (C=O) groups is 3. The van der Waals surface area contributed by atoms with Gasteiger partial charge in [-0.25, -0.2) is 4.79 Å². The monoisotopic (exact) mass is 548 g/mol. The molecule has 2 rings (SSSR count). The van der Waals surface area contributed by atoms with Crippen LogP contribution < -0.4 is 5.32 Å². The molecule has 0 aromatic heterocycles. The van der Waals surface area contributed by atoms with Crippen molar-refractivity contribution in [3.63, 3.8) is 0 Å². The quantitative estimate of drug-likeness (QED) is 0.165. The minimum Gasteiger partial charge on any atom is -0.474 e. The molecule has 2 aromatic rings. The number of amides is 2. The molecule has 0 saturated heterocycles. The van der Waals surface area contributed by atoms with Crippen LogP contribution in [-0.4, -0.2) is 27.8 Å². The van der Waals surface area contributed by atoms with Crippen LogP contribution >= 0.6 is 23.2 Å². The highest BCUT2D eigenvalue weighted by Crippen LogP contribution is 2.21. The number of carbonyl (C=O) groups excluding carboxylic acids is 2. The maximum Gasteiger partial charge on any atom is 0.394 e. The molecule has 0 aliphatic carbocycles. The molecule has 0 radical (unpaired) electrons. The predicted molar refractivity (Wildman–Crippen MR) is 150 cm³/mol. The molecule has 0 bridgehead atoms. The topological polar surface area (TPSA) is 86.7 Å². The smallest absolute Gasteiger partial charge is 0.394 e. The fourth-order valence-electron chi connectivity index (χ4n) is 4.17. The minimum absolute atomic E-state index is 0.0205. The molecule has 0 fully saturated rings. The number of hydrogen-bond donors (Lipinski definition) is 2. The average Bonchev–Trinajstić information content (AvgIpc) is 2.84. The zero-order valence-electron chi connectivity index (χ0n) is 21.6. The molecule has 2 N–H and O–H groups in total. The number of nitrogens with zero attached hydrogens (tertiary/aromatic N) is 1. The molecule has 0 unspecified atom stereocenters. The van der Waals surface area contributed by atoms with Crippen LogP contribution in [0, 0.1) is 0 Å². The summed E-state index contributed by atoms with van der Waals surface area (Å²) < 4.78 is 0. The lowest BCUT2D eigenvalue weighted by Gasteiger charge is -2.21. The average molecular weight is 550 g/mol. The number of benzene rings is 2. The summed E-state index contributed by atoms with van der Waals surface area (Å²) in [7, 11) is 0. The minimum atomic E-state index is -1.54. The standard InChI is InChI=1S/C29H38Cl2N2O4/c1-2-3-4-5-6-7-8-9-10-11-12-27(34)32-26-15-13-22(14-16-26)20-33(28(35)29(36)37)21-23-17-24(30)19-25(31)18-23/h13-19H,2-12,20-21H2,1H3,(H,32,34)(H,36,37). The number of rotatable bonds is 16. The van der Waals surface area contributed by atoms with Crippen molar-refractivity contribution in [2.45, 2.75) is 90.6 Å². The van der Waals surface area contributed by atoms with Crippen molar-refractivity contribution in [1.29, 1.82) is 0 Å². The lowest BCUT2D eigenvalue weighted by atomic mass is 10.1. The van der Waals surface area contributed by atoms with E-state index in [1.165, 1.54) is 56.3 Å². The van der Waals surface area contributed by atoms with E-state index in [1.54, 1.807) is 42.5 Å².